The topological polar surface area (TPSA) is 30.2 Å². The van der Waals surface area contributed by atoms with Gasteiger partial charge in [-0.2, -0.15) is 0 Å². The first-order valence-corrected chi connectivity index (χ1v) is 9.85. The standard InChI is InChI=1S/C23H29N3/c1-5-17-6-8-18(9-7-17)10-20-14-26(4)23-21(20)11-19(13-25-23)22-15(2)12-24-16(22)3/h5,11,13-14,17-18H,1,6-10,12H2,2-4H3. The summed E-state index contributed by atoms with van der Waals surface area (Å²) in [4.78, 5) is 9.39. The van der Waals surface area contributed by atoms with Gasteiger partial charge in [-0.05, 0) is 75.0 Å². The predicted octanol–water partition coefficient (Wildman–Crippen LogP) is 5.36. The molecule has 1 saturated carbocycles. The fourth-order valence-electron chi connectivity index (χ4n) is 4.74. The molecule has 3 heterocycles. The second-order valence-corrected chi connectivity index (χ2v) is 8.14. The fraction of sp³-hybridized carbons (Fsp3) is 0.478. The summed E-state index contributed by atoms with van der Waals surface area (Å²) >= 11 is 0. The van der Waals surface area contributed by atoms with Crippen molar-refractivity contribution in [3.63, 3.8) is 0 Å². The summed E-state index contributed by atoms with van der Waals surface area (Å²) in [5.74, 6) is 1.52. The maximum Gasteiger partial charge on any atom is 0.139 e. The van der Waals surface area contributed by atoms with E-state index in [1.54, 1.807) is 0 Å². The zero-order valence-electron chi connectivity index (χ0n) is 16.3. The highest BCUT2D eigenvalue weighted by Gasteiger charge is 2.22. The Kier molecular flexibility index (Phi) is 4.56. The van der Waals surface area contributed by atoms with Gasteiger partial charge in [-0.15, -0.1) is 6.58 Å². The van der Waals surface area contributed by atoms with Crippen molar-refractivity contribution in [1.29, 1.82) is 0 Å². The van der Waals surface area contributed by atoms with Gasteiger partial charge >= 0.3 is 0 Å². The molecule has 3 heteroatoms. The first kappa shape index (κ1) is 17.3. The van der Waals surface area contributed by atoms with E-state index >= 15 is 0 Å². The highest BCUT2D eigenvalue weighted by Crippen LogP contribution is 2.34. The van der Waals surface area contributed by atoms with Crippen molar-refractivity contribution in [2.24, 2.45) is 23.9 Å². The largest absolute Gasteiger partial charge is 0.335 e. The van der Waals surface area contributed by atoms with Crippen molar-refractivity contribution in [3.8, 4) is 0 Å². The lowest BCUT2D eigenvalue weighted by Crippen LogP contribution is -2.14. The van der Waals surface area contributed by atoms with Crippen molar-refractivity contribution in [1.82, 2.24) is 9.55 Å². The highest BCUT2D eigenvalue weighted by atomic mass is 15.0. The van der Waals surface area contributed by atoms with Crippen LogP contribution in [0.3, 0.4) is 0 Å². The first-order chi connectivity index (χ1) is 12.6. The van der Waals surface area contributed by atoms with E-state index in [1.807, 2.05) is 6.20 Å². The van der Waals surface area contributed by atoms with E-state index in [9.17, 15) is 0 Å². The third kappa shape index (κ3) is 3.04. The number of nitrogens with zero attached hydrogens (tertiary/aromatic N) is 3. The van der Waals surface area contributed by atoms with Gasteiger partial charge < -0.3 is 4.57 Å². The normalized spacial score (nSPS) is 23.6. The quantitative estimate of drug-likeness (QED) is 0.685. The zero-order chi connectivity index (χ0) is 18.3. The summed E-state index contributed by atoms with van der Waals surface area (Å²) in [6, 6.07) is 2.34. The molecular formula is C23H29N3. The molecule has 2 aliphatic rings. The van der Waals surface area contributed by atoms with Crippen LogP contribution in [0.15, 0.2) is 41.7 Å². The Labute approximate surface area is 156 Å². The van der Waals surface area contributed by atoms with Crippen LogP contribution in [0.4, 0.5) is 0 Å². The van der Waals surface area contributed by atoms with Gasteiger partial charge in [0.15, 0.2) is 0 Å². The Hall–Kier alpha value is -2.16. The molecular weight excluding hydrogens is 318 g/mol. The molecule has 1 aliphatic carbocycles. The maximum atomic E-state index is 4.79. The minimum atomic E-state index is 0.728. The summed E-state index contributed by atoms with van der Waals surface area (Å²) in [5, 5.41) is 1.32. The number of aryl methyl sites for hydroxylation is 1. The number of hydrogen-bond donors (Lipinski definition) is 0. The monoisotopic (exact) mass is 347 g/mol. The molecule has 0 N–H and O–H groups in total. The molecule has 3 nitrogen and oxygen atoms in total. The van der Waals surface area contributed by atoms with Crippen molar-refractivity contribution in [3.05, 3.63) is 47.8 Å². The van der Waals surface area contributed by atoms with Crippen molar-refractivity contribution >= 4 is 22.3 Å². The Morgan fingerprint density at radius 1 is 1.23 bits per heavy atom. The van der Waals surface area contributed by atoms with E-state index in [-0.39, 0.29) is 0 Å². The smallest absolute Gasteiger partial charge is 0.139 e. The number of aromatic nitrogens is 2. The zero-order valence-corrected chi connectivity index (χ0v) is 16.3. The molecule has 0 saturated heterocycles. The Morgan fingerprint density at radius 2 is 2.00 bits per heavy atom. The maximum absolute atomic E-state index is 4.79. The van der Waals surface area contributed by atoms with Gasteiger partial charge in [-0.25, -0.2) is 4.98 Å². The van der Waals surface area contributed by atoms with Gasteiger partial charge in [0, 0.05) is 41.7 Å². The van der Waals surface area contributed by atoms with E-state index < -0.39 is 0 Å². The van der Waals surface area contributed by atoms with E-state index in [2.05, 4.69) is 55.4 Å². The molecule has 4 rings (SSSR count). The van der Waals surface area contributed by atoms with Crippen LogP contribution in [0, 0.1) is 11.8 Å². The number of rotatable bonds is 4. The van der Waals surface area contributed by atoms with Crippen LogP contribution in [0.25, 0.3) is 16.6 Å². The Bertz CT molecular complexity index is 905. The average molecular weight is 348 g/mol. The lowest BCUT2D eigenvalue weighted by molar-refractivity contribution is 0.310. The van der Waals surface area contributed by atoms with E-state index in [1.165, 1.54) is 53.3 Å². The van der Waals surface area contributed by atoms with Crippen LogP contribution in [0.1, 0.15) is 50.7 Å². The molecule has 136 valence electrons. The van der Waals surface area contributed by atoms with Crippen LogP contribution >= 0.6 is 0 Å². The lowest BCUT2D eigenvalue weighted by Gasteiger charge is -2.26. The third-order valence-corrected chi connectivity index (χ3v) is 6.26. The van der Waals surface area contributed by atoms with E-state index in [0.717, 1.165) is 36.2 Å². The van der Waals surface area contributed by atoms with Crippen molar-refractivity contribution < 1.29 is 0 Å². The molecule has 0 atom stereocenters. The average Bonchev–Trinajstić information content (AvgIpc) is 3.14. The Balaban J connectivity index is 1.65. The lowest BCUT2D eigenvalue weighted by atomic mass is 9.79. The summed E-state index contributed by atoms with van der Waals surface area (Å²) in [5.41, 5.74) is 7.55. The van der Waals surface area contributed by atoms with Crippen LogP contribution in [-0.4, -0.2) is 21.8 Å². The molecule has 26 heavy (non-hydrogen) atoms. The second kappa shape index (κ2) is 6.86. The number of allylic oxidation sites excluding steroid dienone is 2. The molecule has 2 aromatic heterocycles. The van der Waals surface area contributed by atoms with Gasteiger partial charge in [-0.1, -0.05) is 6.08 Å². The third-order valence-electron chi connectivity index (χ3n) is 6.26. The fourth-order valence-corrected chi connectivity index (χ4v) is 4.74. The van der Waals surface area contributed by atoms with Crippen molar-refractivity contribution in [2.45, 2.75) is 46.0 Å². The molecule has 1 aliphatic heterocycles. The molecule has 0 bridgehead atoms. The molecule has 0 unspecified atom stereocenters. The van der Waals surface area contributed by atoms with E-state index in [0.29, 0.717) is 0 Å². The van der Waals surface area contributed by atoms with Gasteiger partial charge in [0.1, 0.15) is 5.65 Å². The summed E-state index contributed by atoms with van der Waals surface area (Å²) in [7, 11) is 2.11. The number of fused-ring (bicyclic) bond motifs is 1. The molecule has 0 radical (unpaired) electrons. The molecule has 0 spiro atoms. The molecule has 1 fully saturated rings. The minimum absolute atomic E-state index is 0.728. The molecule has 0 amide bonds. The van der Waals surface area contributed by atoms with Crippen molar-refractivity contribution in [2.75, 3.05) is 6.54 Å². The van der Waals surface area contributed by atoms with Gasteiger partial charge in [0.25, 0.3) is 0 Å². The Morgan fingerprint density at radius 3 is 2.65 bits per heavy atom. The number of aliphatic imine (C=N–C) groups is 1. The van der Waals surface area contributed by atoms with Crippen LogP contribution in [0.2, 0.25) is 0 Å². The number of hydrogen-bond acceptors (Lipinski definition) is 2. The molecule has 2 aromatic rings. The minimum Gasteiger partial charge on any atom is -0.335 e. The SMILES string of the molecule is C=CC1CCC(Cc2cn(C)c3ncc(C4=C(C)CN=C4C)cc23)CC1. The van der Waals surface area contributed by atoms with Gasteiger partial charge in [0.2, 0.25) is 0 Å². The molecule has 0 aromatic carbocycles. The summed E-state index contributed by atoms with van der Waals surface area (Å²) in [6.07, 6.45) is 12.8. The van der Waals surface area contributed by atoms with Crippen LogP contribution < -0.4 is 0 Å². The highest BCUT2D eigenvalue weighted by molar-refractivity contribution is 6.25. The summed E-state index contributed by atoms with van der Waals surface area (Å²) < 4.78 is 2.18. The van der Waals surface area contributed by atoms with E-state index in [4.69, 9.17) is 4.98 Å². The summed E-state index contributed by atoms with van der Waals surface area (Å²) in [6.45, 7) is 9.09. The van der Waals surface area contributed by atoms with Gasteiger partial charge in [-0.3, -0.25) is 4.99 Å². The van der Waals surface area contributed by atoms with Crippen LogP contribution in [0.5, 0.6) is 0 Å². The second-order valence-electron chi connectivity index (χ2n) is 8.14. The first-order valence-electron chi connectivity index (χ1n) is 9.85. The predicted molar refractivity (Wildman–Crippen MR) is 111 cm³/mol. The van der Waals surface area contributed by atoms with Gasteiger partial charge in [0.05, 0.1) is 6.54 Å². The number of pyridine rings is 1. The van der Waals surface area contributed by atoms with Crippen LogP contribution in [-0.2, 0) is 13.5 Å².